The first-order valence-electron chi connectivity index (χ1n) is 9.92. The van der Waals surface area contributed by atoms with Gasteiger partial charge in [0.15, 0.2) is 5.82 Å². The van der Waals surface area contributed by atoms with Gasteiger partial charge >= 0.3 is 0 Å². The number of nitrogens with zero attached hydrogens (tertiary/aromatic N) is 3. The molecule has 0 bridgehead atoms. The van der Waals surface area contributed by atoms with E-state index < -0.39 is 0 Å². The second-order valence-electron chi connectivity index (χ2n) is 7.33. The Morgan fingerprint density at radius 2 is 1.81 bits per heavy atom. The largest absolute Gasteiger partial charge is 0.496 e. The van der Waals surface area contributed by atoms with Crippen LogP contribution in [0, 0.1) is 13.8 Å². The van der Waals surface area contributed by atoms with Crippen LogP contribution >= 0.6 is 0 Å². The van der Waals surface area contributed by atoms with Crippen molar-refractivity contribution < 1.29 is 4.74 Å². The molecule has 0 aliphatic carbocycles. The number of benzene rings is 1. The van der Waals surface area contributed by atoms with Crippen LogP contribution < -0.4 is 15.0 Å². The quantitative estimate of drug-likeness (QED) is 0.804. The summed E-state index contributed by atoms with van der Waals surface area (Å²) >= 11 is 0. The van der Waals surface area contributed by atoms with E-state index in [0.29, 0.717) is 0 Å². The highest BCUT2D eigenvalue weighted by Crippen LogP contribution is 2.26. The van der Waals surface area contributed by atoms with E-state index in [9.17, 15) is 0 Å². The minimum absolute atomic E-state index is 0.981. The van der Waals surface area contributed by atoms with Gasteiger partial charge in [0.1, 0.15) is 5.75 Å². The van der Waals surface area contributed by atoms with Crippen molar-refractivity contribution in [1.82, 2.24) is 9.88 Å². The summed E-state index contributed by atoms with van der Waals surface area (Å²) in [4.78, 5) is 9.57. The summed E-state index contributed by atoms with van der Waals surface area (Å²) in [5, 5.41) is 3.50. The van der Waals surface area contributed by atoms with Crippen molar-refractivity contribution in [2.24, 2.45) is 0 Å². The van der Waals surface area contributed by atoms with E-state index in [-0.39, 0.29) is 0 Å². The number of ether oxygens (including phenoxy) is 1. The van der Waals surface area contributed by atoms with Crippen LogP contribution in [0.1, 0.15) is 30.0 Å². The van der Waals surface area contributed by atoms with Crippen molar-refractivity contribution in [3.05, 3.63) is 47.2 Å². The van der Waals surface area contributed by atoms with Crippen molar-refractivity contribution in [3.63, 3.8) is 0 Å². The van der Waals surface area contributed by atoms with E-state index >= 15 is 0 Å². The van der Waals surface area contributed by atoms with Crippen LogP contribution in [0.3, 0.4) is 0 Å². The average molecular weight is 369 g/mol. The summed E-state index contributed by atoms with van der Waals surface area (Å²) in [5.74, 6) is 2.09. The maximum atomic E-state index is 5.49. The number of methoxy groups -OCH3 is 1. The molecule has 1 N–H and O–H groups in total. The van der Waals surface area contributed by atoms with Crippen LogP contribution in [-0.2, 0) is 6.54 Å². The van der Waals surface area contributed by atoms with Crippen molar-refractivity contribution in [2.75, 3.05) is 50.1 Å². The average Bonchev–Trinajstić information content (AvgIpc) is 2.67. The van der Waals surface area contributed by atoms with Crippen LogP contribution in [0.2, 0.25) is 0 Å². The highest BCUT2D eigenvalue weighted by Gasteiger charge is 2.20. The lowest BCUT2D eigenvalue weighted by molar-refractivity contribution is 0.249. The molecule has 5 heteroatoms. The van der Waals surface area contributed by atoms with Crippen LogP contribution in [0.5, 0.6) is 5.75 Å². The van der Waals surface area contributed by atoms with Gasteiger partial charge in [-0.2, -0.15) is 0 Å². The number of aromatic nitrogens is 1. The van der Waals surface area contributed by atoms with E-state index in [1.165, 1.54) is 16.7 Å². The zero-order valence-corrected chi connectivity index (χ0v) is 17.1. The number of anilines is 2. The molecular formula is C22H32N4O. The Labute approximate surface area is 163 Å². The van der Waals surface area contributed by atoms with Gasteiger partial charge in [-0.3, -0.25) is 4.90 Å². The molecule has 146 valence electrons. The number of nitrogens with one attached hydrogen (secondary N) is 1. The Morgan fingerprint density at radius 1 is 1.11 bits per heavy atom. The lowest BCUT2D eigenvalue weighted by Crippen LogP contribution is -2.46. The van der Waals surface area contributed by atoms with Crippen LogP contribution in [0.15, 0.2) is 30.5 Å². The summed E-state index contributed by atoms with van der Waals surface area (Å²) in [5.41, 5.74) is 4.94. The summed E-state index contributed by atoms with van der Waals surface area (Å²) in [6.45, 7) is 12.5. The highest BCUT2D eigenvalue weighted by molar-refractivity contribution is 5.65. The molecule has 0 spiro atoms. The zero-order chi connectivity index (χ0) is 19.2. The first kappa shape index (κ1) is 19.5. The van der Waals surface area contributed by atoms with Crippen LogP contribution in [0.25, 0.3) is 0 Å². The Bertz CT molecular complexity index is 731. The van der Waals surface area contributed by atoms with Gasteiger partial charge in [0.2, 0.25) is 0 Å². The molecule has 0 amide bonds. The Balaban J connectivity index is 1.61. The molecular weight excluding hydrogens is 336 g/mol. The van der Waals surface area contributed by atoms with Gasteiger partial charge in [-0.1, -0.05) is 19.1 Å². The number of rotatable bonds is 7. The Hall–Kier alpha value is -2.27. The van der Waals surface area contributed by atoms with Crippen molar-refractivity contribution in [2.45, 2.75) is 33.7 Å². The molecule has 1 aromatic carbocycles. The molecule has 2 heterocycles. The molecule has 0 atom stereocenters. The van der Waals surface area contributed by atoms with E-state index in [2.05, 4.69) is 59.1 Å². The molecule has 1 saturated heterocycles. The van der Waals surface area contributed by atoms with Gasteiger partial charge in [0.05, 0.1) is 12.8 Å². The molecule has 0 saturated carbocycles. The molecule has 1 fully saturated rings. The smallest absolute Gasteiger partial charge is 0.152 e. The third-order valence-corrected chi connectivity index (χ3v) is 5.15. The van der Waals surface area contributed by atoms with Gasteiger partial charge in [-0.05, 0) is 49.1 Å². The van der Waals surface area contributed by atoms with Gasteiger partial charge in [0.25, 0.3) is 0 Å². The maximum Gasteiger partial charge on any atom is 0.152 e. The summed E-state index contributed by atoms with van der Waals surface area (Å²) in [6, 6.07) is 8.65. The lowest BCUT2D eigenvalue weighted by Gasteiger charge is -2.36. The first-order chi connectivity index (χ1) is 13.1. The number of hydrogen-bond donors (Lipinski definition) is 1. The normalized spacial score (nSPS) is 15.0. The van der Waals surface area contributed by atoms with Gasteiger partial charge < -0.3 is 15.0 Å². The minimum atomic E-state index is 0.981. The summed E-state index contributed by atoms with van der Waals surface area (Å²) in [7, 11) is 1.75. The topological polar surface area (TPSA) is 40.6 Å². The minimum Gasteiger partial charge on any atom is -0.496 e. The van der Waals surface area contributed by atoms with Gasteiger partial charge in [0, 0.05) is 45.5 Å². The molecule has 27 heavy (non-hydrogen) atoms. The second-order valence-corrected chi connectivity index (χ2v) is 7.33. The number of hydrogen-bond acceptors (Lipinski definition) is 5. The molecule has 3 rings (SSSR count). The number of pyridine rings is 1. The number of piperazine rings is 1. The predicted octanol–water partition coefficient (Wildman–Crippen LogP) is 3.85. The molecule has 0 radical (unpaired) electrons. The maximum absolute atomic E-state index is 5.49. The number of aryl methyl sites for hydroxylation is 2. The van der Waals surface area contributed by atoms with E-state index in [0.717, 1.165) is 62.9 Å². The van der Waals surface area contributed by atoms with Crippen molar-refractivity contribution in [1.29, 1.82) is 0 Å². The van der Waals surface area contributed by atoms with E-state index in [1.807, 2.05) is 12.3 Å². The molecule has 5 nitrogen and oxygen atoms in total. The Morgan fingerprint density at radius 3 is 2.44 bits per heavy atom. The fourth-order valence-electron chi connectivity index (χ4n) is 3.88. The lowest BCUT2D eigenvalue weighted by atomic mass is 10.0. The third-order valence-electron chi connectivity index (χ3n) is 5.15. The molecule has 1 aliphatic heterocycles. The standard InChI is InChI=1S/C22H32N4O/c1-5-8-23-20-7-6-9-24-22(20)26-12-10-25(11-13-26)16-19-14-17(2)21(27-4)18(3)15-19/h6-7,9,14-15,23H,5,8,10-13,16H2,1-4H3. The molecule has 0 unspecified atom stereocenters. The zero-order valence-electron chi connectivity index (χ0n) is 17.1. The fourth-order valence-corrected chi connectivity index (χ4v) is 3.88. The highest BCUT2D eigenvalue weighted by atomic mass is 16.5. The van der Waals surface area contributed by atoms with E-state index in [1.54, 1.807) is 7.11 Å². The first-order valence-corrected chi connectivity index (χ1v) is 9.92. The van der Waals surface area contributed by atoms with Crippen LogP contribution in [-0.4, -0.2) is 49.7 Å². The van der Waals surface area contributed by atoms with Crippen molar-refractivity contribution in [3.8, 4) is 5.75 Å². The van der Waals surface area contributed by atoms with Gasteiger partial charge in [-0.25, -0.2) is 4.98 Å². The molecule has 1 aromatic heterocycles. The fraction of sp³-hybridized carbons (Fsp3) is 0.500. The van der Waals surface area contributed by atoms with Crippen molar-refractivity contribution >= 4 is 11.5 Å². The predicted molar refractivity (Wildman–Crippen MR) is 113 cm³/mol. The second kappa shape index (κ2) is 9.09. The monoisotopic (exact) mass is 368 g/mol. The summed E-state index contributed by atoms with van der Waals surface area (Å²) < 4.78 is 5.49. The third kappa shape index (κ3) is 4.72. The Kier molecular flexibility index (Phi) is 6.56. The summed E-state index contributed by atoms with van der Waals surface area (Å²) in [6.07, 6.45) is 3.00. The molecule has 2 aromatic rings. The SMILES string of the molecule is CCCNc1cccnc1N1CCN(Cc2cc(C)c(OC)c(C)c2)CC1. The van der Waals surface area contributed by atoms with Crippen LogP contribution in [0.4, 0.5) is 11.5 Å². The molecule has 1 aliphatic rings. The van der Waals surface area contributed by atoms with Gasteiger partial charge in [-0.15, -0.1) is 0 Å². The van der Waals surface area contributed by atoms with E-state index in [4.69, 9.17) is 4.74 Å².